The predicted octanol–water partition coefficient (Wildman–Crippen LogP) is 4.00. The molecule has 1 aliphatic heterocycles. The molecule has 6 heteroatoms. The Morgan fingerprint density at radius 3 is 2.75 bits per heavy atom. The van der Waals surface area contributed by atoms with E-state index >= 15 is 0 Å². The van der Waals surface area contributed by atoms with E-state index in [4.69, 9.17) is 22.1 Å². The van der Waals surface area contributed by atoms with Gasteiger partial charge in [-0.25, -0.2) is 9.18 Å². The maximum atomic E-state index is 14.2. The van der Waals surface area contributed by atoms with Crippen LogP contribution in [0.1, 0.15) is 39.2 Å². The monoisotopic (exact) mass is 356 g/mol. The third-order valence-electron chi connectivity index (χ3n) is 4.33. The van der Waals surface area contributed by atoms with Gasteiger partial charge in [0.25, 0.3) is 0 Å². The molecule has 24 heavy (non-hydrogen) atoms. The van der Waals surface area contributed by atoms with Gasteiger partial charge in [-0.15, -0.1) is 0 Å². The van der Waals surface area contributed by atoms with Crippen molar-refractivity contribution in [3.05, 3.63) is 34.6 Å². The van der Waals surface area contributed by atoms with Crippen molar-refractivity contribution in [3.63, 3.8) is 0 Å². The van der Waals surface area contributed by atoms with Gasteiger partial charge in [0.05, 0.1) is 0 Å². The third kappa shape index (κ3) is 4.84. The fourth-order valence-electron chi connectivity index (χ4n) is 3.14. The summed E-state index contributed by atoms with van der Waals surface area (Å²) in [6, 6.07) is 4.69. The van der Waals surface area contributed by atoms with E-state index in [1.165, 1.54) is 6.07 Å². The minimum Gasteiger partial charge on any atom is -0.444 e. The number of amides is 1. The van der Waals surface area contributed by atoms with Crippen LogP contribution in [0.2, 0.25) is 5.02 Å². The van der Waals surface area contributed by atoms with Crippen LogP contribution in [0.4, 0.5) is 9.18 Å². The van der Waals surface area contributed by atoms with Gasteiger partial charge in [-0.2, -0.15) is 0 Å². The molecule has 1 aromatic carbocycles. The molecule has 0 aromatic heterocycles. The van der Waals surface area contributed by atoms with Crippen LogP contribution in [0, 0.1) is 11.2 Å². The summed E-state index contributed by atoms with van der Waals surface area (Å²) in [5.41, 5.74) is 5.72. The predicted molar refractivity (Wildman–Crippen MR) is 93.6 cm³/mol. The lowest BCUT2D eigenvalue weighted by Gasteiger charge is -2.42. The van der Waals surface area contributed by atoms with Crippen molar-refractivity contribution in [1.29, 1.82) is 0 Å². The average molecular weight is 357 g/mol. The molecule has 1 aliphatic rings. The quantitative estimate of drug-likeness (QED) is 0.890. The van der Waals surface area contributed by atoms with Crippen LogP contribution in [0.15, 0.2) is 18.2 Å². The lowest BCUT2D eigenvalue weighted by atomic mass is 9.75. The van der Waals surface area contributed by atoms with E-state index in [2.05, 4.69) is 0 Å². The Hall–Kier alpha value is -1.33. The van der Waals surface area contributed by atoms with E-state index in [-0.39, 0.29) is 17.3 Å². The Morgan fingerprint density at radius 1 is 1.46 bits per heavy atom. The van der Waals surface area contributed by atoms with E-state index in [1.54, 1.807) is 17.0 Å². The Kier molecular flexibility index (Phi) is 5.76. The van der Waals surface area contributed by atoms with Crippen molar-refractivity contribution >= 4 is 17.7 Å². The number of carbonyl (C=O) groups is 1. The molecule has 2 rings (SSSR count). The van der Waals surface area contributed by atoms with Crippen molar-refractivity contribution in [3.8, 4) is 0 Å². The minimum absolute atomic E-state index is 0.329. The number of nitrogens with two attached hydrogens (primary N) is 1. The molecular formula is C18H26ClFN2O2. The van der Waals surface area contributed by atoms with Gasteiger partial charge in [0.15, 0.2) is 0 Å². The second kappa shape index (κ2) is 7.28. The van der Waals surface area contributed by atoms with Gasteiger partial charge in [0.2, 0.25) is 0 Å². The number of benzene rings is 1. The Morgan fingerprint density at radius 2 is 2.17 bits per heavy atom. The van der Waals surface area contributed by atoms with E-state index in [1.807, 2.05) is 20.8 Å². The summed E-state index contributed by atoms with van der Waals surface area (Å²) in [5.74, 6) is -0.329. The van der Waals surface area contributed by atoms with E-state index in [0.717, 1.165) is 12.8 Å². The zero-order valence-electron chi connectivity index (χ0n) is 14.6. The summed E-state index contributed by atoms with van der Waals surface area (Å²) in [4.78, 5) is 14.0. The lowest BCUT2D eigenvalue weighted by molar-refractivity contribution is 0.00523. The standard InChI is InChI=1S/C18H26ClFN2O2/c1-17(2,3)24-16(23)22-8-4-7-18(11-21,12-22)10-13-5-6-14(19)9-15(13)20/h5-6,9H,4,7-8,10-12,21H2,1-3H3. The highest BCUT2D eigenvalue weighted by Gasteiger charge is 2.38. The molecule has 134 valence electrons. The molecular weight excluding hydrogens is 331 g/mol. The van der Waals surface area contributed by atoms with Gasteiger partial charge in [0, 0.05) is 23.5 Å². The van der Waals surface area contributed by atoms with Crippen LogP contribution in [0.25, 0.3) is 0 Å². The highest BCUT2D eigenvalue weighted by Crippen LogP contribution is 2.34. The summed E-state index contributed by atoms with van der Waals surface area (Å²) in [5, 5.41) is 0.372. The van der Waals surface area contributed by atoms with E-state index in [0.29, 0.717) is 36.6 Å². The molecule has 0 saturated carbocycles. The first-order valence-corrected chi connectivity index (χ1v) is 8.64. The summed E-state index contributed by atoms with van der Waals surface area (Å²) in [7, 11) is 0. The van der Waals surface area contributed by atoms with Gasteiger partial charge in [-0.05, 0) is 64.3 Å². The number of ether oxygens (including phenoxy) is 1. The van der Waals surface area contributed by atoms with Gasteiger partial charge in [0.1, 0.15) is 11.4 Å². The number of carbonyl (C=O) groups excluding carboxylic acids is 1. The highest BCUT2D eigenvalue weighted by molar-refractivity contribution is 6.30. The van der Waals surface area contributed by atoms with E-state index < -0.39 is 5.60 Å². The molecule has 0 aliphatic carbocycles. The molecule has 0 spiro atoms. The van der Waals surface area contributed by atoms with Crippen molar-refractivity contribution in [2.45, 2.75) is 45.6 Å². The van der Waals surface area contributed by atoms with Crippen LogP contribution in [0.5, 0.6) is 0 Å². The number of hydrogen-bond donors (Lipinski definition) is 1. The molecule has 1 aromatic rings. The van der Waals surface area contributed by atoms with Gasteiger partial charge < -0.3 is 15.4 Å². The first kappa shape index (κ1) is 19.0. The molecule has 1 fully saturated rings. The highest BCUT2D eigenvalue weighted by atomic mass is 35.5. The maximum Gasteiger partial charge on any atom is 0.410 e. The maximum absolute atomic E-state index is 14.2. The molecule has 1 unspecified atom stereocenters. The zero-order chi connectivity index (χ0) is 18.0. The minimum atomic E-state index is -0.539. The third-order valence-corrected chi connectivity index (χ3v) is 4.56. The normalized spacial score (nSPS) is 21.7. The largest absolute Gasteiger partial charge is 0.444 e. The summed E-state index contributed by atoms with van der Waals surface area (Å²) in [6.07, 6.45) is 1.82. The molecule has 2 N–H and O–H groups in total. The van der Waals surface area contributed by atoms with Crippen LogP contribution in [-0.4, -0.2) is 36.2 Å². The number of nitrogens with zero attached hydrogens (tertiary/aromatic N) is 1. The fourth-order valence-corrected chi connectivity index (χ4v) is 3.30. The van der Waals surface area contributed by atoms with Gasteiger partial charge >= 0.3 is 6.09 Å². The van der Waals surface area contributed by atoms with E-state index in [9.17, 15) is 9.18 Å². The molecule has 1 heterocycles. The summed E-state index contributed by atoms with van der Waals surface area (Å²) in [6.45, 7) is 7.02. The average Bonchev–Trinajstić information content (AvgIpc) is 2.49. The van der Waals surface area contributed by atoms with Crippen molar-refractivity contribution in [2.24, 2.45) is 11.1 Å². The first-order chi connectivity index (χ1) is 11.1. The number of hydrogen-bond acceptors (Lipinski definition) is 3. The molecule has 0 bridgehead atoms. The van der Waals surface area contributed by atoms with Crippen LogP contribution in [-0.2, 0) is 11.2 Å². The summed E-state index contributed by atoms with van der Waals surface area (Å²) >= 11 is 5.82. The zero-order valence-corrected chi connectivity index (χ0v) is 15.3. The van der Waals surface area contributed by atoms with Crippen molar-refractivity contribution in [2.75, 3.05) is 19.6 Å². The number of rotatable bonds is 3. The van der Waals surface area contributed by atoms with Crippen LogP contribution < -0.4 is 5.73 Å². The first-order valence-electron chi connectivity index (χ1n) is 8.26. The van der Waals surface area contributed by atoms with Gasteiger partial charge in [-0.3, -0.25) is 0 Å². The van der Waals surface area contributed by atoms with Gasteiger partial charge in [-0.1, -0.05) is 17.7 Å². The molecule has 0 radical (unpaired) electrons. The second-order valence-electron chi connectivity index (χ2n) is 7.62. The Labute approximate surface area is 148 Å². The smallest absolute Gasteiger partial charge is 0.410 e. The topological polar surface area (TPSA) is 55.6 Å². The number of piperidine rings is 1. The van der Waals surface area contributed by atoms with Crippen LogP contribution in [0.3, 0.4) is 0 Å². The van der Waals surface area contributed by atoms with Crippen molar-refractivity contribution in [1.82, 2.24) is 4.90 Å². The SMILES string of the molecule is CC(C)(C)OC(=O)N1CCCC(CN)(Cc2ccc(Cl)cc2F)C1. The van der Waals surface area contributed by atoms with Crippen molar-refractivity contribution < 1.29 is 13.9 Å². The van der Waals surface area contributed by atoms with Crippen LogP contribution >= 0.6 is 11.6 Å². The molecule has 4 nitrogen and oxygen atoms in total. The number of halogens is 2. The summed E-state index contributed by atoms with van der Waals surface area (Å²) < 4.78 is 19.6. The second-order valence-corrected chi connectivity index (χ2v) is 8.06. The Bertz CT molecular complexity index is 603. The Balaban J connectivity index is 2.14. The lowest BCUT2D eigenvalue weighted by Crippen LogP contribution is -2.51. The molecule has 1 amide bonds. The molecule has 1 atom stereocenters. The molecule has 1 saturated heterocycles. The fraction of sp³-hybridized carbons (Fsp3) is 0.611. The number of likely N-dealkylation sites (tertiary alicyclic amines) is 1.